The van der Waals surface area contributed by atoms with Gasteiger partial charge in [0, 0.05) is 23.9 Å². The Kier molecular flexibility index (Phi) is 6.42. The molecule has 24 heavy (non-hydrogen) atoms. The normalized spacial score (nSPS) is 20.4. The van der Waals surface area contributed by atoms with Crippen LogP contribution in [0.2, 0.25) is 0 Å². The van der Waals surface area contributed by atoms with Gasteiger partial charge >= 0.3 is 0 Å². The molecule has 1 aliphatic rings. The molecule has 1 amide bonds. The Hall–Kier alpha value is -0.950. The van der Waals surface area contributed by atoms with E-state index in [1.807, 2.05) is 13.8 Å². The molecule has 1 aliphatic heterocycles. The lowest BCUT2D eigenvalue weighted by atomic mass is 10.00. The first-order valence-electron chi connectivity index (χ1n) is 8.72. The maximum Gasteiger partial charge on any atom is 0.240 e. The van der Waals surface area contributed by atoms with E-state index in [1.54, 1.807) is 10.3 Å². The maximum absolute atomic E-state index is 12.7. The number of sulfone groups is 1. The van der Waals surface area contributed by atoms with Gasteiger partial charge in [0.25, 0.3) is 0 Å². The second-order valence-electron chi connectivity index (χ2n) is 6.87. The van der Waals surface area contributed by atoms with Gasteiger partial charge in [-0.05, 0) is 32.6 Å². The number of hydrogen-bond acceptors (Lipinski definition) is 5. The summed E-state index contributed by atoms with van der Waals surface area (Å²) < 4.78 is 25.4. The molecule has 1 aromatic rings. The van der Waals surface area contributed by atoms with Crippen molar-refractivity contribution in [3.05, 3.63) is 16.1 Å². The summed E-state index contributed by atoms with van der Waals surface area (Å²) in [7, 11) is -3.55. The Balaban J connectivity index is 2.10. The summed E-state index contributed by atoms with van der Waals surface area (Å²) in [4.78, 5) is 18.9. The van der Waals surface area contributed by atoms with Crippen molar-refractivity contribution in [3.63, 3.8) is 0 Å². The van der Waals surface area contributed by atoms with Gasteiger partial charge in [-0.3, -0.25) is 4.79 Å². The van der Waals surface area contributed by atoms with Crippen molar-refractivity contribution in [2.75, 3.05) is 6.54 Å². The van der Waals surface area contributed by atoms with E-state index < -0.39 is 15.1 Å². The molecule has 0 unspecified atom stereocenters. The van der Waals surface area contributed by atoms with Crippen LogP contribution in [-0.2, 0) is 20.4 Å². The van der Waals surface area contributed by atoms with E-state index in [4.69, 9.17) is 0 Å². The van der Waals surface area contributed by atoms with Crippen molar-refractivity contribution < 1.29 is 13.2 Å². The Morgan fingerprint density at radius 2 is 2.08 bits per heavy atom. The number of rotatable bonds is 6. The molecule has 0 aliphatic carbocycles. The highest BCUT2D eigenvalue weighted by atomic mass is 32.2. The van der Waals surface area contributed by atoms with Crippen LogP contribution in [0.5, 0.6) is 0 Å². The molecule has 0 aromatic carbocycles. The highest BCUT2D eigenvalue weighted by Gasteiger charge is 2.35. The number of amides is 1. The Bertz CT molecular complexity index is 667. The molecule has 0 N–H and O–H groups in total. The molecular weight excluding hydrogens is 344 g/mol. The topological polar surface area (TPSA) is 67.3 Å². The van der Waals surface area contributed by atoms with Crippen molar-refractivity contribution in [2.45, 2.75) is 76.3 Å². The molecule has 1 aromatic heterocycles. The average Bonchev–Trinajstić information content (AvgIpc) is 3.01. The van der Waals surface area contributed by atoms with Gasteiger partial charge in [0.2, 0.25) is 5.91 Å². The van der Waals surface area contributed by atoms with Crippen LogP contribution in [-0.4, -0.2) is 42.0 Å². The maximum atomic E-state index is 12.7. The molecule has 1 saturated heterocycles. The van der Waals surface area contributed by atoms with Gasteiger partial charge < -0.3 is 4.90 Å². The van der Waals surface area contributed by atoms with Gasteiger partial charge in [0.05, 0.1) is 16.5 Å². The van der Waals surface area contributed by atoms with E-state index in [2.05, 4.69) is 11.9 Å². The van der Waals surface area contributed by atoms with E-state index in [1.165, 1.54) is 18.3 Å². The number of aromatic nitrogens is 1. The number of carbonyl (C=O) groups is 1. The largest absolute Gasteiger partial charge is 0.339 e. The summed E-state index contributed by atoms with van der Waals surface area (Å²) in [5.41, 5.74) is 0.550. The molecule has 5 nitrogen and oxygen atoms in total. The molecule has 0 radical (unpaired) electrons. The average molecular weight is 373 g/mol. The zero-order valence-electron chi connectivity index (χ0n) is 15.0. The SMILES string of the molecule is CC[C@@H]1CCCCN1C(=O)[C@@H](C)S(=O)(=O)Cc1csc(C(C)C)n1. The van der Waals surface area contributed by atoms with Crippen LogP contribution < -0.4 is 0 Å². The van der Waals surface area contributed by atoms with Crippen molar-refractivity contribution in [1.29, 1.82) is 0 Å². The molecule has 0 saturated carbocycles. The summed E-state index contributed by atoms with van der Waals surface area (Å²) in [6.45, 7) is 8.31. The van der Waals surface area contributed by atoms with Crippen LogP contribution in [0, 0.1) is 0 Å². The zero-order chi connectivity index (χ0) is 17.9. The zero-order valence-corrected chi connectivity index (χ0v) is 16.6. The fraction of sp³-hybridized carbons (Fsp3) is 0.765. The third kappa shape index (κ3) is 4.36. The van der Waals surface area contributed by atoms with E-state index in [0.29, 0.717) is 12.2 Å². The highest BCUT2D eigenvalue weighted by molar-refractivity contribution is 7.92. The second-order valence-corrected chi connectivity index (χ2v) is 10.1. The number of hydrogen-bond donors (Lipinski definition) is 0. The summed E-state index contributed by atoms with van der Waals surface area (Å²) >= 11 is 1.48. The minimum Gasteiger partial charge on any atom is -0.339 e. The van der Waals surface area contributed by atoms with Gasteiger partial charge in [-0.2, -0.15) is 0 Å². The summed E-state index contributed by atoms with van der Waals surface area (Å²) in [5, 5.41) is 1.72. The fourth-order valence-electron chi connectivity index (χ4n) is 3.09. The first-order valence-corrected chi connectivity index (χ1v) is 11.3. The van der Waals surface area contributed by atoms with Crippen LogP contribution >= 0.6 is 11.3 Å². The highest BCUT2D eigenvalue weighted by Crippen LogP contribution is 2.24. The first-order chi connectivity index (χ1) is 11.3. The summed E-state index contributed by atoms with van der Waals surface area (Å²) in [6, 6.07) is 0.177. The van der Waals surface area contributed by atoms with Gasteiger partial charge in [-0.1, -0.05) is 20.8 Å². The third-order valence-corrected chi connectivity index (χ3v) is 7.85. The van der Waals surface area contributed by atoms with E-state index in [9.17, 15) is 13.2 Å². The minimum atomic E-state index is -3.55. The van der Waals surface area contributed by atoms with Crippen LogP contribution in [0.4, 0.5) is 0 Å². The van der Waals surface area contributed by atoms with Crippen LogP contribution in [0.25, 0.3) is 0 Å². The Labute approximate surface area is 149 Å². The van der Waals surface area contributed by atoms with Crippen molar-refractivity contribution in [2.24, 2.45) is 0 Å². The molecule has 1 fully saturated rings. The number of nitrogens with zero attached hydrogens (tertiary/aromatic N) is 2. The lowest BCUT2D eigenvalue weighted by molar-refractivity contribution is -0.134. The van der Waals surface area contributed by atoms with E-state index in [-0.39, 0.29) is 23.6 Å². The molecular formula is C17H28N2O3S2. The predicted molar refractivity (Wildman–Crippen MR) is 97.9 cm³/mol. The van der Waals surface area contributed by atoms with Crippen molar-refractivity contribution >= 4 is 27.1 Å². The number of likely N-dealkylation sites (tertiary alicyclic amines) is 1. The lowest BCUT2D eigenvalue weighted by Crippen LogP contribution is -2.49. The molecule has 0 spiro atoms. The monoisotopic (exact) mass is 372 g/mol. The molecule has 2 atom stereocenters. The van der Waals surface area contributed by atoms with E-state index >= 15 is 0 Å². The fourth-order valence-corrected chi connectivity index (χ4v) is 5.28. The van der Waals surface area contributed by atoms with Crippen LogP contribution in [0.3, 0.4) is 0 Å². The molecule has 2 heterocycles. The first kappa shape index (κ1) is 19.4. The van der Waals surface area contributed by atoms with Crippen LogP contribution in [0.1, 0.15) is 70.0 Å². The molecule has 2 rings (SSSR count). The van der Waals surface area contributed by atoms with Gasteiger partial charge in [-0.15, -0.1) is 11.3 Å². The second kappa shape index (κ2) is 7.95. The number of thiazole rings is 1. The number of piperidine rings is 1. The summed E-state index contributed by atoms with van der Waals surface area (Å²) in [6.07, 6.45) is 3.92. The Morgan fingerprint density at radius 1 is 1.38 bits per heavy atom. The summed E-state index contributed by atoms with van der Waals surface area (Å²) in [5.74, 6) is -0.127. The standard InChI is InChI=1S/C17H28N2O3S2/c1-5-15-8-6-7-9-19(15)17(20)13(4)24(21,22)11-14-10-23-16(18-14)12(2)3/h10,12-13,15H,5-9,11H2,1-4H3/t13-,15-/m1/s1. The van der Waals surface area contributed by atoms with Gasteiger partial charge in [0.15, 0.2) is 9.84 Å². The molecule has 7 heteroatoms. The lowest BCUT2D eigenvalue weighted by Gasteiger charge is -2.36. The number of carbonyl (C=O) groups excluding carboxylic acids is 1. The third-order valence-electron chi connectivity index (χ3n) is 4.68. The quantitative estimate of drug-likeness (QED) is 0.768. The van der Waals surface area contributed by atoms with Gasteiger partial charge in [0.1, 0.15) is 5.25 Å². The van der Waals surface area contributed by atoms with Crippen molar-refractivity contribution in [3.8, 4) is 0 Å². The van der Waals surface area contributed by atoms with E-state index in [0.717, 1.165) is 30.7 Å². The minimum absolute atomic E-state index is 0.159. The Morgan fingerprint density at radius 3 is 2.67 bits per heavy atom. The smallest absolute Gasteiger partial charge is 0.240 e. The van der Waals surface area contributed by atoms with Gasteiger partial charge in [-0.25, -0.2) is 13.4 Å². The molecule has 0 bridgehead atoms. The molecule has 136 valence electrons. The van der Waals surface area contributed by atoms with Crippen molar-refractivity contribution in [1.82, 2.24) is 9.88 Å². The predicted octanol–water partition coefficient (Wildman–Crippen LogP) is 3.36. The van der Waals surface area contributed by atoms with Crippen LogP contribution in [0.15, 0.2) is 5.38 Å².